The van der Waals surface area contributed by atoms with Gasteiger partial charge in [-0.3, -0.25) is 9.59 Å². The second-order valence-corrected chi connectivity index (χ2v) is 10.6. The highest BCUT2D eigenvalue weighted by atomic mass is 19.4. The third-order valence-corrected chi connectivity index (χ3v) is 7.26. The molecule has 0 saturated carbocycles. The Bertz CT molecular complexity index is 1410. The van der Waals surface area contributed by atoms with Gasteiger partial charge in [-0.05, 0) is 84.3 Å². The van der Waals surface area contributed by atoms with E-state index in [4.69, 9.17) is 0 Å². The molecule has 220 valence electrons. The van der Waals surface area contributed by atoms with E-state index in [0.717, 1.165) is 30.7 Å². The van der Waals surface area contributed by atoms with Crippen molar-refractivity contribution in [2.24, 2.45) is 0 Å². The van der Waals surface area contributed by atoms with E-state index in [1.54, 1.807) is 13.8 Å². The van der Waals surface area contributed by atoms with Gasteiger partial charge in [0.25, 0.3) is 11.8 Å². The molecule has 0 aromatic heterocycles. The zero-order valence-corrected chi connectivity index (χ0v) is 23.3. The quantitative estimate of drug-likeness (QED) is 0.262. The van der Waals surface area contributed by atoms with Gasteiger partial charge in [0.2, 0.25) is 0 Å². The second-order valence-electron chi connectivity index (χ2n) is 10.6. The smallest absolute Gasteiger partial charge is 0.350 e. The minimum Gasteiger partial charge on any atom is -0.350 e. The molecule has 1 unspecified atom stereocenters. The summed E-state index contributed by atoms with van der Waals surface area (Å²) in [5.41, 5.74) is -3.87. The van der Waals surface area contributed by atoms with Gasteiger partial charge in [-0.15, -0.1) is 0 Å². The van der Waals surface area contributed by atoms with Crippen molar-refractivity contribution in [2.75, 3.05) is 5.32 Å². The van der Waals surface area contributed by atoms with Crippen molar-refractivity contribution in [3.63, 3.8) is 0 Å². The fourth-order valence-corrected chi connectivity index (χ4v) is 4.12. The van der Waals surface area contributed by atoms with Crippen LogP contribution < -0.4 is 10.6 Å². The molecular weight excluding hydrogens is 546 g/mol. The average Bonchev–Trinajstić information content (AvgIpc) is 2.91. The molecule has 0 radical (unpaired) electrons. The lowest BCUT2D eigenvalue weighted by Crippen LogP contribution is -2.31. The summed E-state index contributed by atoms with van der Waals surface area (Å²) in [6.07, 6.45) is -8.65. The average molecular weight is 579 g/mol. The first-order valence-electron chi connectivity index (χ1n) is 13.1. The van der Waals surface area contributed by atoms with Gasteiger partial charge >= 0.3 is 12.4 Å². The van der Waals surface area contributed by atoms with Gasteiger partial charge in [-0.25, -0.2) is 0 Å². The molecule has 3 aromatic carbocycles. The van der Waals surface area contributed by atoms with Crippen molar-refractivity contribution in [2.45, 2.75) is 71.3 Å². The molecule has 0 aliphatic heterocycles. The fraction of sp³-hybridized carbons (Fsp3) is 0.355. The maximum absolute atomic E-state index is 14.1. The number of rotatable bonds is 8. The molecule has 10 heteroatoms. The van der Waals surface area contributed by atoms with Gasteiger partial charge in [0, 0.05) is 22.9 Å². The van der Waals surface area contributed by atoms with E-state index in [1.807, 2.05) is 20.8 Å². The number of hydrogen-bond acceptors (Lipinski definition) is 2. The molecule has 2 N–H and O–H groups in total. The summed E-state index contributed by atoms with van der Waals surface area (Å²) in [6.45, 7) is 9.08. The van der Waals surface area contributed by atoms with E-state index in [1.165, 1.54) is 30.3 Å². The summed E-state index contributed by atoms with van der Waals surface area (Å²) in [5, 5.41) is 5.14. The number of amides is 2. The summed E-state index contributed by atoms with van der Waals surface area (Å²) in [4.78, 5) is 25.0. The van der Waals surface area contributed by atoms with E-state index in [0.29, 0.717) is 23.6 Å². The molecule has 3 rings (SSSR count). The number of carbonyl (C=O) groups is 2. The molecule has 3 aromatic rings. The highest BCUT2D eigenvalue weighted by Crippen LogP contribution is 2.45. The van der Waals surface area contributed by atoms with E-state index >= 15 is 0 Å². The predicted octanol–water partition coefficient (Wildman–Crippen LogP) is 8.86. The molecule has 0 fully saturated rings. The monoisotopic (exact) mass is 578 g/mol. The van der Waals surface area contributed by atoms with Crippen LogP contribution in [0.1, 0.15) is 84.9 Å². The van der Waals surface area contributed by atoms with Gasteiger partial charge in [-0.2, -0.15) is 26.3 Å². The molecular formula is C31H32F6N2O2. The van der Waals surface area contributed by atoms with Crippen LogP contribution in [0.15, 0.2) is 60.7 Å². The lowest BCUT2D eigenvalue weighted by molar-refractivity contribution is -0.139. The van der Waals surface area contributed by atoms with E-state index in [2.05, 4.69) is 10.6 Å². The molecule has 0 aliphatic rings. The van der Waals surface area contributed by atoms with Crippen molar-refractivity contribution in [3.8, 4) is 11.1 Å². The Morgan fingerprint density at radius 2 is 1.22 bits per heavy atom. The van der Waals surface area contributed by atoms with Gasteiger partial charge in [-0.1, -0.05) is 45.9 Å². The summed E-state index contributed by atoms with van der Waals surface area (Å²) in [5.74, 6) is -1.08. The van der Waals surface area contributed by atoms with E-state index < -0.39 is 45.9 Å². The molecule has 0 heterocycles. The Morgan fingerprint density at radius 1 is 0.732 bits per heavy atom. The van der Waals surface area contributed by atoms with E-state index in [-0.39, 0.29) is 23.2 Å². The lowest BCUT2D eigenvalue weighted by Gasteiger charge is -2.26. The summed E-state index contributed by atoms with van der Waals surface area (Å²) in [7, 11) is 0. The molecule has 2 amide bonds. The minimum atomic E-state index is -5.01. The number of carbonyl (C=O) groups excluding carboxylic acids is 2. The number of hydrogen-bond donors (Lipinski definition) is 2. The number of halogens is 6. The molecule has 41 heavy (non-hydrogen) atoms. The molecule has 1 atom stereocenters. The predicted molar refractivity (Wildman–Crippen MR) is 147 cm³/mol. The maximum atomic E-state index is 14.1. The van der Waals surface area contributed by atoms with Crippen LogP contribution in [-0.4, -0.2) is 17.9 Å². The van der Waals surface area contributed by atoms with Crippen LogP contribution in [0.3, 0.4) is 0 Å². The first-order valence-corrected chi connectivity index (χ1v) is 13.1. The van der Waals surface area contributed by atoms with Crippen LogP contribution in [0.25, 0.3) is 11.1 Å². The molecule has 0 aliphatic carbocycles. The second kappa shape index (κ2) is 12.0. The van der Waals surface area contributed by atoms with Crippen LogP contribution in [0.4, 0.5) is 32.0 Å². The molecule has 0 bridgehead atoms. The normalized spacial score (nSPS) is 13.0. The molecule has 0 saturated heterocycles. The Labute approximate surface area is 235 Å². The van der Waals surface area contributed by atoms with E-state index in [9.17, 15) is 35.9 Å². The highest BCUT2D eigenvalue weighted by Gasteiger charge is 2.39. The molecule has 4 nitrogen and oxygen atoms in total. The third kappa shape index (κ3) is 7.48. The maximum Gasteiger partial charge on any atom is 0.417 e. The lowest BCUT2D eigenvalue weighted by atomic mass is 9.80. The summed E-state index contributed by atoms with van der Waals surface area (Å²) < 4.78 is 84.6. The first kappa shape index (κ1) is 31.7. The van der Waals surface area contributed by atoms with Gasteiger partial charge in [0.15, 0.2) is 0 Å². The third-order valence-electron chi connectivity index (χ3n) is 7.26. The minimum absolute atomic E-state index is 0.0513. The zero-order valence-electron chi connectivity index (χ0n) is 23.3. The standard InChI is InChI=1S/C31H32F6N2O2/c1-6-18(3)38-27(40)19-8-10-20(11-9-19)28(41)39-22-13-15-24(26(17-22)31(35,36)37)23-14-12-21(29(4,5)7-2)16-25(23)30(32,33)34/h8-18H,6-7H2,1-5H3,(H,38,40)(H,39,41). The SMILES string of the molecule is CCC(C)NC(=O)c1ccc(C(=O)Nc2ccc(-c3ccc(C(C)(C)CC)cc3C(F)(F)F)c(C(F)(F)F)c2)cc1. The van der Waals surface area contributed by atoms with Gasteiger partial charge in [0.05, 0.1) is 11.1 Å². The summed E-state index contributed by atoms with van der Waals surface area (Å²) in [6, 6.07) is 11.5. The fourth-order valence-electron chi connectivity index (χ4n) is 4.12. The van der Waals surface area contributed by atoms with Crippen LogP contribution in [0, 0.1) is 0 Å². The number of nitrogens with one attached hydrogen (secondary N) is 2. The topological polar surface area (TPSA) is 58.2 Å². The van der Waals surface area contributed by atoms with Crippen LogP contribution >= 0.6 is 0 Å². The highest BCUT2D eigenvalue weighted by molar-refractivity contribution is 6.05. The Kier molecular flexibility index (Phi) is 9.25. The van der Waals surface area contributed by atoms with Crippen molar-refractivity contribution in [3.05, 3.63) is 88.5 Å². The van der Waals surface area contributed by atoms with Crippen molar-refractivity contribution in [1.29, 1.82) is 0 Å². The zero-order chi connectivity index (χ0) is 30.8. The van der Waals surface area contributed by atoms with Gasteiger partial charge < -0.3 is 10.6 Å². The van der Waals surface area contributed by atoms with Crippen molar-refractivity contribution < 1.29 is 35.9 Å². The largest absolute Gasteiger partial charge is 0.417 e. The summed E-state index contributed by atoms with van der Waals surface area (Å²) >= 11 is 0. The number of alkyl halides is 6. The molecule has 0 spiro atoms. The number of benzene rings is 3. The van der Waals surface area contributed by atoms with Crippen molar-refractivity contribution >= 4 is 17.5 Å². The van der Waals surface area contributed by atoms with Crippen LogP contribution in [-0.2, 0) is 17.8 Å². The Hall–Kier alpha value is -3.82. The van der Waals surface area contributed by atoms with Crippen molar-refractivity contribution in [1.82, 2.24) is 5.32 Å². The Morgan fingerprint density at radius 3 is 1.71 bits per heavy atom. The first-order chi connectivity index (χ1) is 19.0. The Balaban J connectivity index is 1.97. The van der Waals surface area contributed by atoms with Gasteiger partial charge in [0.1, 0.15) is 0 Å². The van der Waals surface area contributed by atoms with Crippen LogP contribution in [0.5, 0.6) is 0 Å². The van der Waals surface area contributed by atoms with Crippen LogP contribution in [0.2, 0.25) is 0 Å². The number of anilines is 1.